The van der Waals surface area contributed by atoms with E-state index in [0.29, 0.717) is 41.0 Å². The van der Waals surface area contributed by atoms with E-state index in [2.05, 4.69) is 10.1 Å². The van der Waals surface area contributed by atoms with Gasteiger partial charge in [0.05, 0.1) is 30.8 Å². The topological polar surface area (TPSA) is 70.6 Å². The fraction of sp³-hybridized carbons (Fsp3) is 0.192. The molecule has 0 amide bonds. The number of hydrogen-bond acceptors (Lipinski definition) is 5. The lowest BCUT2D eigenvalue weighted by Gasteiger charge is -2.11. The van der Waals surface area contributed by atoms with Crippen LogP contribution in [0.2, 0.25) is 0 Å². The van der Waals surface area contributed by atoms with E-state index < -0.39 is 0 Å². The molecular formula is C26H23FN4O3. The van der Waals surface area contributed by atoms with Crippen molar-refractivity contribution in [3.63, 3.8) is 0 Å². The predicted molar refractivity (Wildman–Crippen MR) is 128 cm³/mol. The number of hydrogen-bond donors (Lipinski definition) is 0. The molecular weight excluding hydrogens is 435 g/mol. The summed E-state index contributed by atoms with van der Waals surface area (Å²) in [6.45, 7) is 2.38. The van der Waals surface area contributed by atoms with Crippen molar-refractivity contribution in [1.29, 1.82) is 0 Å². The summed E-state index contributed by atoms with van der Waals surface area (Å²) in [6.07, 6.45) is 4.02. The first-order chi connectivity index (χ1) is 16.5. The molecule has 8 heteroatoms. The van der Waals surface area contributed by atoms with Gasteiger partial charge in [-0.3, -0.25) is 4.79 Å². The highest BCUT2D eigenvalue weighted by atomic mass is 19.1. The van der Waals surface area contributed by atoms with Gasteiger partial charge in [-0.05, 0) is 54.8 Å². The molecule has 0 aliphatic rings. The first-order valence-electron chi connectivity index (χ1n) is 10.8. The maximum atomic E-state index is 13.4. The Morgan fingerprint density at radius 3 is 2.50 bits per heavy atom. The molecule has 0 spiro atoms. The molecule has 0 saturated heterocycles. The van der Waals surface area contributed by atoms with Gasteiger partial charge in [0.15, 0.2) is 17.1 Å². The molecule has 7 nitrogen and oxygen atoms in total. The normalized spacial score (nSPS) is 11.3. The van der Waals surface area contributed by atoms with Crippen LogP contribution in [-0.4, -0.2) is 33.4 Å². The first-order valence-corrected chi connectivity index (χ1v) is 10.8. The molecule has 3 heterocycles. The van der Waals surface area contributed by atoms with Gasteiger partial charge in [-0.2, -0.15) is 5.10 Å². The van der Waals surface area contributed by atoms with Crippen molar-refractivity contribution in [3.05, 3.63) is 88.4 Å². The molecule has 172 valence electrons. The molecule has 3 aromatic heterocycles. The van der Waals surface area contributed by atoms with Crippen LogP contribution in [0.3, 0.4) is 0 Å². The molecule has 0 aliphatic heterocycles. The summed E-state index contributed by atoms with van der Waals surface area (Å²) in [5, 5.41) is 5.11. The zero-order valence-corrected chi connectivity index (χ0v) is 19.1. The second kappa shape index (κ2) is 8.62. The van der Waals surface area contributed by atoms with Crippen LogP contribution in [-0.2, 0) is 13.0 Å². The average molecular weight is 458 g/mol. The highest BCUT2D eigenvalue weighted by Crippen LogP contribution is 2.29. The van der Waals surface area contributed by atoms with Gasteiger partial charge >= 0.3 is 0 Å². The summed E-state index contributed by atoms with van der Waals surface area (Å²) in [4.78, 5) is 17.8. The van der Waals surface area contributed by atoms with Crippen LogP contribution in [0.1, 0.15) is 11.3 Å². The molecule has 0 saturated carbocycles. The highest BCUT2D eigenvalue weighted by molar-refractivity contribution is 5.86. The first kappa shape index (κ1) is 21.6. The van der Waals surface area contributed by atoms with Crippen molar-refractivity contribution >= 4 is 16.6 Å². The van der Waals surface area contributed by atoms with Gasteiger partial charge in [-0.15, -0.1) is 0 Å². The van der Waals surface area contributed by atoms with Gasteiger partial charge in [0.25, 0.3) is 5.56 Å². The molecule has 5 rings (SSSR count). The number of nitrogens with zero attached hydrogens (tertiary/aromatic N) is 4. The Labute approximate surface area is 195 Å². The molecule has 0 bridgehead atoms. The number of halogens is 1. The summed E-state index contributed by atoms with van der Waals surface area (Å²) in [6, 6.07) is 13.8. The zero-order chi connectivity index (χ0) is 23.8. The Morgan fingerprint density at radius 1 is 1.00 bits per heavy atom. The molecule has 5 aromatic rings. The fourth-order valence-corrected chi connectivity index (χ4v) is 4.23. The zero-order valence-electron chi connectivity index (χ0n) is 19.1. The van der Waals surface area contributed by atoms with Crippen molar-refractivity contribution in [3.8, 4) is 22.6 Å². The van der Waals surface area contributed by atoms with Crippen LogP contribution in [0.25, 0.3) is 27.7 Å². The fourth-order valence-electron chi connectivity index (χ4n) is 4.23. The quantitative estimate of drug-likeness (QED) is 0.377. The molecule has 0 atom stereocenters. The molecule has 0 radical (unpaired) electrons. The molecule has 0 aliphatic carbocycles. The summed E-state index contributed by atoms with van der Waals surface area (Å²) in [5.74, 6) is 1.02. The number of pyridine rings is 1. The Morgan fingerprint density at radius 2 is 1.76 bits per heavy atom. The standard InChI is InChI=1S/C26H23FN4O3/c1-16-24(18-5-7-19(27)8-6-18)25-28-15-20-21(31(25)29-16)11-13-30(26(20)32)12-10-17-4-9-22(33-2)23(14-17)34-3/h4-9,11,13-15H,10,12H2,1-3H3. The smallest absolute Gasteiger partial charge is 0.261 e. The Balaban J connectivity index is 1.51. The number of aryl methyl sites for hydroxylation is 3. The number of fused-ring (bicyclic) bond motifs is 3. The molecule has 0 N–H and O–H groups in total. The average Bonchev–Trinajstić information content (AvgIpc) is 3.20. The second-order valence-corrected chi connectivity index (χ2v) is 8.01. The number of rotatable bonds is 6. The van der Waals surface area contributed by atoms with Gasteiger partial charge < -0.3 is 14.0 Å². The monoisotopic (exact) mass is 458 g/mol. The van der Waals surface area contributed by atoms with Crippen LogP contribution >= 0.6 is 0 Å². The second-order valence-electron chi connectivity index (χ2n) is 8.01. The molecule has 34 heavy (non-hydrogen) atoms. The van der Waals surface area contributed by atoms with Gasteiger partial charge in [-0.25, -0.2) is 13.9 Å². The Bertz CT molecular complexity index is 1570. The van der Waals surface area contributed by atoms with Crippen molar-refractivity contribution < 1.29 is 13.9 Å². The number of benzene rings is 2. The largest absolute Gasteiger partial charge is 0.493 e. The van der Waals surface area contributed by atoms with Crippen molar-refractivity contribution in [2.45, 2.75) is 19.9 Å². The van der Waals surface area contributed by atoms with Gasteiger partial charge in [-0.1, -0.05) is 18.2 Å². The van der Waals surface area contributed by atoms with Crippen LogP contribution in [0, 0.1) is 12.7 Å². The SMILES string of the molecule is COc1ccc(CCn2ccc3c(cnc4c(-c5ccc(F)cc5)c(C)nn43)c2=O)cc1OC. The van der Waals surface area contributed by atoms with E-state index >= 15 is 0 Å². The molecule has 0 fully saturated rings. The number of methoxy groups -OCH3 is 2. The summed E-state index contributed by atoms with van der Waals surface area (Å²) in [5.41, 5.74) is 4.59. The lowest BCUT2D eigenvalue weighted by atomic mass is 10.1. The minimum atomic E-state index is -0.301. The maximum absolute atomic E-state index is 13.4. The van der Waals surface area contributed by atoms with Gasteiger partial charge in [0.2, 0.25) is 0 Å². The number of aromatic nitrogens is 4. The summed E-state index contributed by atoms with van der Waals surface area (Å²) in [7, 11) is 3.20. The molecule has 0 unspecified atom stereocenters. The van der Waals surface area contributed by atoms with Gasteiger partial charge in [0.1, 0.15) is 5.82 Å². The van der Waals surface area contributed by atoms with E-state index in [1.165, 1.54) is 12.1 Å². The van der Waals surface area contributed by atoms with Crippen LogP contribution in [0.4, 0.5) is 4.39 Å². The summed E-state index contributed by atoms with van der Waals surface area (Å²) < 4.78 is 27.4. The highest BCUT2D eigenvalue weighted by Gasteiger charge is 2.16. The van der Waals surface area contributed by atoms with E-state index in [1.807, 2.05) is 31.2 Å². The minimum Gasteiger partial charge on any atom is -0.493 e. The van der Waals surface area contributed by atoms with E-state index in [0.717, 1.165) is 22.4 Å². The minimum absolute atomic E-state index is 0.135. The molecule has 2 aromatic carbocycles. The summed E-state index contributed by atoms with van der Waals surface area (Å²) >= 11 is 0. The third-order valence-corrected chi connectivity index (χ3v) is 5.98. The maximum Gasteiger partial charge on any atom is 0.261 e. The Hall–Kier alpha value is -4.20. The lowest BCUT2D eigenvalue weighted by molar-refractivity contribution is 0.354. The Kier molecular flexibility index (Phi) is 5.49. The third kappa shape index (κ3) is 3.67. The number of ether oxygens (including phenoxy) is 2. The van der Waals surface area contributed by atoms with E-state index in [1.54, 1.807) is 47.8 Å². The van der Waals surface area contributed by atoms with Crippen molar-refractivity contribution in [2.24, 2.45) is 0 Å². The van der Waals surface area contributed by atoms with E-state index in [-0.39, 0.29) is 11.4 Å². The van der Waals surface area contributed by atoms with Crippen LogP contribution in [0.15, 0.2) is 65.7 Å². The van der Waals surface area contributed by atoms with Crippen LogP contribution in [0.5, 0.6) is 11.5 Å². The van der Waals surface area contributed by atoms with Gasteiger partial charge in [0, 0.05) is 24.5 Å². The lowest BCUT2D eigenvalue weighted by Crippen LogP contribution is -2.21. The van der Waals surface area contributed by atoms with Crippen molar-refractivity contribution in [1.82, 2.24) is 19.2 Å². The van der Waals surface area contributed by atoms with E-state index in [4.69, 9.17) is 9.47 Å². The van der Waals surface area contributed by atoms with Crippen LogP contribution < -0.4 is 15.0 Å². The van der Waals surface area contributed by atoms with E-state index in [9.17, 15) is 9.18 Å². The predicted octanol–water partition coefficient (Wildman–Crippen LogP) is 4.42. The third-order valence-electron chi connectivity index (χ3n) is 5.98. The van der Waals surface area contributed by atoms with Crippen molar-refractivity contribution in [2.75, 3.05) is 14.2 Å².